The number of benzene rings is 1. The molecule has 80 valence electrons. The first-order valence-corrected chi connectivity index (χ1v) is 5.93. The van der Waals surface area contributed by atoms with Crippen molar-refractivity contribution in [1.29, 1.82) is 0 Å². The van der Waals surface area contributed by atoms with Crippen molar-refractivity contribution in [3.8, 4) is 0 Å². The minimum atomic E-state index is -0.283. The quantitative estimate of drug-likeness (QED) is 0.822. The third kappa shape index (κ3) is 2.46. The summed E-state index contributed by atoms with van der Waals surface area (Å²) < 4.78 is 13.4. The Labute approximate surface area is 96.8 Å². The van der Waals surface area contributed by atoms with E-state index in [1.165, 1.54) is 12.5 Å². The molecule has 1 aromatic rings. The van der Waals surface area contributed by atoms with E-state index in [0.717, 1.165) is 18.4 Å². The molecule has 0 amide bonds. The van der Waals surface area contributed by atoms with Crippen LogP contribution >= 0.6 is 15.9 Å². The van der Waals surface area contributed by atoms with Crippen LogP contribution in [-0.2, 0) is 11.2 Å². The van der Waals surface area contributed by atoms with Gasteiger partial charge in [-0.3, -0.25) is 4.79 Å². The standard InChI is InChI=1S/C12H12BrFO/c13-10-6-8(4-5-11(10)14)7-12(15)9-2-1-3-9/h4-6,9H,1-3,7H2. The van der Waals surface area contributed by atoms with Gasteiger partial charge in [-0.05, 0) is 46.5 Å². The topological polar surface area (TPSA) is 17.1 Å². The summed E-state index contributed by atoms with van der Waals surface area (Å²) in [4.78, 5) is 11.7. The summed E-state index contributed by atoms with van der Waals surface area (Å²) in [5.74, 6) is 0.267. The predicted octanol–water partition coefficient (Wildman–Crippen LogP) is 3.50. The average Bonchev–Trinajstić information content (AvgIpc) is 2.08. The molecule has 0 unspecified atom stereocenters. The summed E-state index contributed by atoms with van der Waals surface area (Å²) in [6.45, 7) is 0. The molecule has 0 heterocycles. The zero-order chi connectivity index (χ0) is 10.8. The second kappa shape index (κ2) is 4.44. The van der Waals surface area contributed by atoms with E-state index in [-0.39, 0.29) is 11.7 Å². The van der Waals surface area contributed by atoms with Gasteiger partial charge in [0.05, 0.1) is 4.47 Å². The van der Waals surface area contributed by atoms with Crippen LogP contribution in [0.4, 0.5) is 4.39 Å². The maximum Gasteiger partial charge on any atom is 0.140 e. The number of halogens is 2. The van der Waals surface area contributed by atoms with Crippen molar-refractivity contribution in [1.82, 2.24) is 0 Å². The number of Topliss-reactive ketones (excluding diaryl/α,β-unsaturated/α-hetero) is 1. The maximum atomic E-state index is 12.9. The lowest BCUT2D eigenvalue weighted by molar-refractivity contribution is -0.124. The Morgan fingerprint density at radius 3 is 2.73 bits per heavy atom. The third-order valence-corrected chi connectivity index (χ3v) is 3.53. The highest BCUT2D eigenvalue weighted by Crippen LogP contribution is 2.28. The van der Waals surface area contributed by atoms with E-state index >= 15 is 0 Å². The fraction of sp³-hybridized carbons (Fsp3) is 0.417. The molecule has 0 saturated heterocycles. The van der Waals surface area contributed by atoms with Crippen LogP contribution in [0.3, 0.4) is 0 Å². The SMILES string of the molecule is O=C(Cc1ccc(F)c(Br)c1)C1CCC1. The Bertz CT molecular complexity index is 385. The highest BCUT2D eigenvalue weighted by molar-refractivity contribution is 9.10. The average molecular weight is 271 g/mol. The number of hydrogen-bond donors (Lipinski definition) is 0. The van der Waals surface area contributed by atoms with Gasteiger partial charge in [-0.2, -0.15) is 0 Å². The Hall–Kier alpha value is -0.700. The predicted molar refractivity (Wildman–Crippen MR) is 60.2 cm³/mol. The van der Waals surface area contributed by atoms with Crippen LogP contribution in [0.15, 0.2) is 22.7 Å². The third-order valence-electron chi connectivity index (χ3n) is 2.92. The lowest BCUT2D eigenvalue weighted by Crippen LogP contribution is -2.23. The van der Waals surface area contributed by atoms with Crippen molar-refractivity contribution in [2.75, 3.05) is 0 Å². The van der Waals surface area contributed by atoms with Gasteiger partial charge in [0.2, 0.25) is 0 Å². The molecule has 0 aromatic heterocycles. The molecule has 2 rings (SSSR count). The summed E-state index contributed by atoms with van der Waals surface area (Å²) in [5, 5.41) is 0. The van der Waals surface area contributed by atoms with Crippen LogP contribution in [0, 0.1) is 11.7 Å². The fourth-order valence-electron chi connectivity index (χ4n) is 1.73. The monoisotopic (exact) mass is 270 g/mol. The molecular weight excluding hydrogens is 259 g/mol. The van der Waals surface area contributed by atoms with Gasteiger partial charge in [0.15, 0.2) is 0 Å². The van der Waals surface area contributed by atoms with E-state index in [1.54, 1.807) is 12.1 Å². The molecule has 1 aliphatic rings. The van der Waals surface area contributed by atoms with Crippen molar-refractivity contribution in [2.24, 2.45) is 5.92 Å². The molecular formula is C12H12BrFO. The van der Waals surface area contributed by atoms with Gasteiger partial charge in [-0.25, -0.2) is 4.39 Å². The minimum absolute atomic E-state index is 0.258. The molecule has 1 aliphatic carbocycles. The van der Waals surface area contributed by atoms with Gasteiger partial charge in [-0.1, -0.05) is 12.5 Å². The molecule has 3 heteroatoms. The second-order valence-corrected chi connectivity index (χ2v) is 4.87. The summed E-state index contributed by atoms with van der Waals surface area (Å²) in [7, 11) is 0. The minimum Gasteiger partial charge on any atom is -0.299 e. The Balaban J connectivity index is 2.03. The largest absolute Gasteiger partial charge is 0.299 e. The number of ketones is 1. The lowest BCUT2D eigenvalue weighted by Gasteiger charge is -2.23. The van der Waals surface area contributed by atoms with Gasteiger partial charge in [0.25, 0.3) is 0 Å². The highest BCUT2D eigenvalue weighted by Gasteiger charge is 2.24. The van der Waals surface area contributed by atoms with Gasteiger partial charge >= 0.3 is 0 Å². The van der Waals surface area contributed by atoms with E-state index in [2.05, 4.69) is 15.9 Å². The van der Waals surface area contributed by atoms with Crippen LogP contribution < -0.4 is 0 Å². The Kier molecular flexibility index (Phi) is 3.19. The van der Waals surface area contributed by atoms with Crippen molar-refractivity contribution in [2.45, 2.75) is 25.7 Å². The normalized spacial score (nSPS) is 16.1. The molecule has 1 aromatic carbocycles. The molecule has 0 radical (unpaired) electrons. The molecule has 15 heavy (non-hydrogen) atoms. The van der Waals surface area contributed by atoms with Crippen molar-refractivity contribution < 1.29 is 9.18 Å². The van der Waals surface area contributed by atoms with Crippen LogP contribution in [0.2, 0.25) is 0 Å². The van der Waals surface area contributed by atoms with E-state index in [9.17, 15) is 9.18 Å². The first kappa shape index (κ1) is 10.8. The number of carbonyl (C=O) groups excluding carboxylic acids is 1. The van der Waals surface area contributed by atoms with Gasteiger partial charge in [0, 0.05) is 12.3 Å². The van der Waals surface area contributed by atoms with E-state index < -0.39 is 0 Å². The summed E-state index contributed by atoms with van der Waals surface area (Å²) in [5.41, 5.74) is 0.889. The lowest BCUT2D eigenvalue weighted by atomic mass is 9.80. The molecule has 1 nitrogen and oxygen atoms in total. The molecule has 0 atom stereocenters. The van der Waals surface area contributed by atoms with Gasteiger partial charge in [0.1, 0.15) is 11.6 Å². The smallest absolute Gasteiger partial charge is 0.140 e. The molecule has 0 bridgehead atoms. The number of rotatable bonds is 3. The van der Waals surface area contributed by atoms with Crippen LogP contribution in [-0.4, -0.2) is 5.78 Å². The highest BCUT2D eigenvalue weighted by atomic mass is 79.9. The van der Waals surface area contributed by atoms with Gasteiger partial charge in [-0.15, -0.1) is 0 Å². The molecule has 1 fully saturated rings. The van der Waals surface area contributed by atoms with E-state index in [1.807, 2.05) is 0 Å². The molecule has 0 spiro atoms. The zero-order valence-electron chi connectivity index (χ0n) is 8.30. The van der Waals surface area contributed by atoms with Crippen LogP contribution in [0.25, 0.3) is 0 Å². The van der Waals surface area contributed by atoms with Crippen molar-refractivity contribution in [3.05, 3.63) is 34.1 Å². The molecule has 0 aliphatic heterocycles. The van der Waals surface area contributed by atoms with Crippen LogP contribution in [0.5, 0.6) is 0 Å². The van der Waals surface area contributed by atoms with E-state index in [4.69, 9.17) is 0 Å². The zero-order valence-corrected chi connectivity index (χ0v) is 9.89. The Morgan fingerprint density at radius 1 is 1.47 bits per heavy atom. The number of carbonyl (C=O) groups is 1. The first-order chi connectivity index (χ1) is 7.16. The summed E-state index contributed by atoms with van der Waals surface area (Å²) >= 11 is 3.12. The van der Waals surface area contributed by atoms with Crippen molar-refractivity contribution >= 4 is 21.7 Å². The van der Waals surface area contributed by atoms with E-state index in [0.29, 0.717) is 16.7 Å². The second-order valence-electron chi connectivity index (χ2n) is 4.02. The van der Waals surface area contributed by atoms with Crippen molar-refractivity contribution in [3.63, 3.8) is 0 Å². The first-order valence-electron chi connectivity index (χ1n) is 5.13. The van der Waals surface area contributed by atoms with Gasteiger partial charge < -0.3 is 0 Å². The summed E-state index contributed by atoms with van der Waals surface area (Å²) in [6.07, 6.45) is 3.66. The fourth-order valence-corrected chi connectivity index (χ4v) is 2.15. The maximum absolute atomic E-state index is 12.9. The Morgan fingerprint density at radius 2 is 2.20 bits per heavy atom. The molecule has 1 saturated carbocycles. The van der Waals surface area contributed by atoms with Crippen LogP contribution in [0.1, 0.15) is 24.8 Å². The molecule has 0 N–H and O–H groups in total. The summed E-state index contributed by atoms with van der Waals surface area (Å²) in [6, 6.07) is 4.76. The number of hydrogen-bond acceptors (Lipinski definition) is 1.